The molecule has 1 N–H and O–H groups in total. The van der Waals surface area contributed by atoms with E-state index in [-0.39, 0.29) is 17.4 Å². The van der Waals surface area contributed by atoms with Crippen molar-refractivity contribution < 1.29 is 4.79 Å². The molecule has 1 amide bonds. The zero-order valence-electron chi connectivity index (χ0n) is 14.4. The van der Waals surface area contributed by atoms with Crippen molar-refractivity contribution in [3.05, 3.63) is 0 Å². The minimum atomic E-state index is -0.162. The van der Waals surface area contributed by atoms with Crippen molar-refractivity contribution in [3.63, 3.8) is 0 Å². The molecule has 0 aromatic carbocycles. The monoisotopic (exact) mass is 383 g/mol. The van der Waals surface area contributed by atoms with E-state index < -0.39 is 0 Å². The Kier molecular flexibility index (Phi) is 5.33. The molecule has 0 radical (unpaired) electrons. The van der Waals surface area contributed by atoms with Gasteiger partial charge in [0.2, 0.25) is 5.91 Å². The number of nitrogens with one attached hydrogen (secondary N) is 1. The van der Waals surface area contributed by atoms with Crippen LogP contribution in [-0.2, 0) is 4.79 Å². The van der Waals surface area contributed by atoms with Crippen LogP contribution in [0.4, 0.5) is 0 Å². The molecule has 0 aromatic heterocycles. The second kappa shape index (κ2) is 7.51. The lowest BCUT2D eigenvalue weighted by Gasteiger charge is -2.46. The molecule has 4 unspecified atom stereocenters. The maximum atomic E-state index is 13.0. The maximum absolute atomic E-state index is 13.0. The molecule has 3 aliphatic heterocycles. The molecule has 3 heterocycles. The molecule has 25 heavy (non-hydrogen) atoms. The summed E-state index contributed by atoms with van der Waals surface area (Å²) in [5, 5.41) is 13.6. The van der Waals surface area contributed by atoms with Gasteiger partial charge in [0.1, 0.15) is 11.5 Å². The van der Waals surface area contributed by atoms with E-state index in [1.54, 1.807) is 4.90 Å². The molecule has 138 valence electrons. The highest BCUT2D eigenvalue weighted by Gasteiger charge is 2.44. The van der Waals surface area contributed by atoms with Crippen molar-refractivity contribution in [1.82, 2.24) is 20.0 Å². The lowest BCUT2D eigenvalue weighted by molar-refractivity contribution is -0.145. The molecule has 0 bridgehead atoms. The summed E-state index contributed by atoms with van der Waals surface area (Å²) in [5.74, 6) is 0.842. The van der Waals surface area contributed by atoms with Crippen LogP contribution in [0.5, 0.6) is 0 Å². The smallest absolute Gasteiger partial charge is 0.243 e. The van der Waals surface area contributed by atoms with Gasteiger partial charge in [-0.15, -0.1) is 23.4 Å². The number of piperazine rings is 2. The molecular formula is C17H26ClN5OS. The normalized spacial score (nSPS) is 40.0. The standard InChI is InChI=1S/C17H26ClN5OS/c18-13-3-1-2-12(8-13)15-9-20-17(25-15)23-7-6-22-5-4-21(11-19)10-14(22)16(23)24/h12-15,17,20H,1-10H2/t12?,13?,14-,15?,17?/m1/s1. The van der Waals surface area contributed by atoms with Crippen molar-refractivity contribution in [1.29, 1.82) is 5.26 Å². The number of alkyl halides is 1. The Hall–Kier alpha value is -0.680. The third kappa shape index (κ3) is 3.59. The largest absolute Gasteiger partial charge is 0.315 e. The fourth-order valence-electron chi connectivity index (χ4n) is 4.63. The van der Waals surface area contributed by atoms with E-state index in [1.807, 2.05) is 16.7 Å². The predicted molar refractivity (Wildman–Crippen MR) is 99.0 cm³/mol. The summed E-state index contributed by atoms with van der Waals surface area (Å²) in [6, 6.07) is -0.162. The van der Waals surface area contributed by atoms with Crippen molar-refractivity contribution in [3.8, 4) is 6.19 Å². The van der Waals surface area contributed by atoms with E-state index in [9.17, 15) is 4.79 Å². The Morgan fingerprint density at radius 2 is 2.08 bits per heavy atom. The zero-order valence-corrected chi connectivity index (χ0v) is 16.0. The molecule has 8 heteroatoms. The third-order valence-electron chi connectivity index (χ3n) is 6.09. The molecular weight excluding hydrogens is 358 g/mol. The number of hydrogen-bond acceptors (Lipinski definition) is 6. The van der Waals surface area contributed by atoms with E-state index in [0.717, 1.165) is 45.6 Å². The Bertz CT molecular complexity index is 558. The van der Waals surface area contributed by atoms with Gasteiger partial charge in [-0.3, -0.25) is 15.0 Å². The lowest BCUT2D eigenvalue weighted by atomic mass is 9.86. The van der Waals surface area contributed by atoms with Crippen molar-refractivity contribution in [2.24, 2.45) is 5.92 Å². The summed E-state index contributed by atoms with van der Waals surface area (Å²) in [6.07, 6.45) is 6.93. The van der Waals surface area contributed by atoms with Gasteiger partial charge in [0.25, 0.3) is 0 Å². The van der Waals surface area contributed by atoms with E-state index >= 15 is 0 Å². The van der Waals surface area contributed by atoms with Gasteiger partial charge in [0.15, 0.2) is 6.19 Å². The molecule has 5 atom stereocenters. The first-order chi connectivity index (χ1) is 12.2. The topological polar surface area (TPSA) is 62.6 Å². The first-order valence-electron chi connectivity index (χ1n) is 9.38. The fraction of sp³-hybridized carbons (Fsp3) is 0.882. The Morgan fingerprint density at radius 3 is 2.88 bits per heavy atom. The molecule has 0 spiro atoms. The number of carbonyl (C=O) groups is 1. The molecule has 0 aromatic rings. The van der Waals surface area contributed by atoms with Crippen LogP contribution in [0.2, 0.25) is 0 Å². The lowest BCUT2D eigenvalue weighted by Crippen LogP contribution is -2.66. The number of amides is 1. The minimum absolute atomic E-state index is 0.0767. The number of carbonyl (C=O) groups excluding carboxylic acids is 1. The molecule has 6 nitrogen and oxygen atoms in total. The SMILES string of the molecule is N#CN1CCN2CCN(C3NCC(C4CCCC(Cl)C4)S3)C(=O)[C@H]2C1. The maximum Gasteiger partial charge on any atom is 0.243 e. The Morgan fingerprint density at radius 1 is 1.24 bits per heavy atom. The van der Waals surface area contributed by atoms with Crippen molar-refractivity contribution in [2.75, 3.05) is 39.3 Å². The summed E-state index contributed by atoms with van der Waals surface area (Å²) >= 11 is 8.28. The molecule has 4 fully saturated rings. The second-order valence-corrected chi connectivity index (χ2v) is 9.53. The number of rotatable bonds is 2. The first-order valence-corrected chi connectivity index (χ1v) is 10.8. The molecule has 4 aliphatic rings. The van der Waals surface area contributed by atoms with Crippen LogP contribution < -0.4 is 5.32 Å². The Labute approximate surface area is 158 Å². The second-order valence-electron chi connectivity index (χ2n) is 7.59. The summed E-state index contributed by atoms with van der Waals surface area (Å²) in [4.78, 5) is 19.0. The van der Waals surface area contributed by atoms with Crippen LogP contribution in [0.15, 0.2) is 0 Å². The number of halogens is 1. The average Bonchev–Trinajstić information content (AvgIpc) is 3.12. The molecule has 1 aliphatic carbocycles. The molecule has 4 rings (SSSR count). The van der Waals surface area contributed by atoms with Gasteiger partial charge in [0.05, 0.1) is 6.54 Å². The number of nitriles is 1. The van der Waals surface area contributed by atoms with Gasteiger partial charge in [-0.1, -0.05) is 6.42 Å². The number of nitrogens with zero attached hydrogens (tertiary/aromatic N) is 4. The van der Waals surface area contributed by atoms with Gasteiger partial charge >= 0.3 is 0 Å². The minimum Gasteiger partial charge on any atom is -0.315 e. The molecule has 1 saturated carbocycles. The van der Waals surface area contributed by atoms with Crippen LogP contribution in [0, 0.1) is 17.4 Å². The number of thioether (sulfide) groups is 1. The number of fused-ring (bicyclic) bond motifs is 1. The van der Waals surface area contributed by atoms with Gasteiger partial charge < -0.3 is 9.80 Å². The summed E-state index contributed by atoms with van der Waals surface area (Å²) in [7, 11) is 0. The highest BCUT2D eigenvalue weighted by Crippen LogP contribution is 2.39. The van der Waals surface area contributed by atoms with Gasteiger partial charge in [-0.05, 0) is 25.2 Å². The van der Waals surface area contributed by atoms with E-state index in [2.05, 4.69) is 16.4 Å². The average molecular weight is 384 g/mol. The quantitative estimate of drug-likeness (QED) is 0.568. The predicted octanol–water partition coefficient (Wildman–Crippen LogP) is 1.08. The summed E-state index contributed by atoms with van der Waals surface area (Å²) in [5.41, 5.74) is 0.0767. The van der Waals surface area contributed by atoms with Crippen molar-refractivity contribution in [2.45, 2.75) is 47.8 Å². The highest BCUT2D eigenvalue weighted by molar-refractivity contribution is 8.00. The highest BCUT2D eigenvalue weighted by atomic mass is 35.5. The zero-order chi connectivity index (χ0) is 17.4. The van der Waals surface area contributed by atoms with Crippen LogP contribution in [0.25, 0.3) is 0 Å². The summed E-state index contributed by atoms with van der Waals surface area (Å²) < 4.78 is 0. The van der Waals surface area contributed by atoms with Crippen LogP contribution >= 0.6 is 23.4 Å². The van der Waals surface area contributed by atoms with Gasteiger partial charge in [-0.2, -0.15) is 5.26 Å². The fourth-order valence-corrected chi connectivity index (χ4v) is 6.55. The van der Waals surface area contributed by atoms with E-state index in [4.69, 9.17) is 16.9 Å². The van der Waals surface area contributed by atoms with Crippen LogP contribution in [0.1, 0.15) is 25.7 Å². The van der Waals surface area contributed by atoms with Gasteiger partial charge in [0, 0.05) is 43.4 Å². The van der Waals surface area contributed by atoms with Crippen molar-refractivity contribution >= 4 is 29.3 Å². The first kappa shape index (κ1) is 17.7. The molecule has 3 saturated heterocycles. The van der Waals surface area contributed by atoms with E-state index in [0.29, 0.717) is 23.1 Å². The third-order valence-corrected chi connectivity index (χ3v) is 8.06. The van der Waals surface area contributed by atoms with Crippen LogP contribution in [-0.4, -0.2) is 82.0 Å². The van der Waals surface area contributed by atoms with Gasteiger partial charge in [-0.25, -0.2) is 0 Å². The van der Waals surface area contributed by atoms with E-state index in [1.165, 1.54) is 12.8 Å². The summed E-state index contributed by atoms with van der Waals surface area (Å²) in [6.45, 7) is 4.73. The van der Waals surface area contributed by atoms with Crippen LogP contribution in [0.3, 0.4) is 0 Å². The Balaban J connectivity index is 1.37. The number of hydrogen-bond donors (Lipinski definition) is 1.